The molecule has 3 aromatic carbocycles. The molecule has 47 heavy (non-hydrogen) atoms. The molecule has 6 rings (SSSR count). The molecule has 2 saturated carbocycles. The van der Waals surface area contributed by atoms with Crippen LogP contribution in [0.5, 0.6) is 5.75 Å². The quantitative estimate of drug-likeness (QED) is 0.292. The zero-order valence-electron chi connectivity index (χ0n) is 25.5. The highest BCUT2D eigenvalue weighted by molar-refractivity contribution is 6.25. The molecule has 246 valence electrons. The van der Waals surface area contributed by atoms with E-state index in [4.69, 9.17) is 10.5 Å². The van der Waals surface area contributed by atoms with Crippen molar-refractivity contribution in [3.63, 3.8) is 0 Å². The molecule has 0 radical (unpaired) electrons. The number of nitrogens with two attached hydrogens (primary N) is 1. The molecular weight excluding hydrogens is 617 g/mol. The molecule has 5 N–H and O–H groups in total. The molecule has 3 aromatic rings. The minimum Gasteiger partial charge on any atom is -0.507 e. The van der Waals surface area contributed by atoms with E-state index in [0.717, 1.165) is 17.7 Å². The van der Waals surface area contributed by atoms with Gasteiger partial charge in [0.2, 0.25) is 11.7 Å². The minimum absolute atomic E-state index is 0.00551. The molecular formula is C35H33F3N2O7. The van der Waals surface area contributed by atoms with Gasteiger partial charge in [0.25, 0.3) is 0 Å². The van der Waals surface area contributed by atoms with Crippen molar-refractivity contribution in [2.45, 2.75) is 43.4 Å². The fourth-order valence-electron chi connectivity index (χ4n) is 7.64. The number of hydrogen-bond donors (Lipinski definition) is 4. The molecule has 6 atom stereocenters. The molecule has 0 spiro atoms. The third-order valence-corrected chi connectivity index (χ3v) is 9.75. The van der Waals surface area contributed by atoms with Gasteiger partial charge in [0, 0.05) is 17.5 Å². The van der Waals surface area contributed by atoms with Gasteiger partial charge in [0.15, 0.2) is 11.4 Å². The van der Waals surface area contributed by atoms with E-state index in [9.17, 15) is 42.9 Å². The molecule has 0 aromatic heterocycles. The number of alkyl halides is 3. The highest BCUT2D eigenvalue weighted by atomic mass is 19.4. The van der Waals surface area contributed by atoms with Crippen molar-refractivity contribution in [2.75, 3.05) is 14.1 Å². The lowest BCUT2D eigenvalue weighted by Crippen LogP contribution is -2.73. The van der Waals surface area contributed by atoms with Crippen LogP contribution in [-0.2, 0) is 38.3 Å². The smallest absolute Gasteiger partial charge is 0.416 e. The summed E-state index contributed by atoms with van der Waals surface area (Å²) in [6, 6.07) is 15.4. The average molecular weight is 651 g/mol. The number of amides is 1. The van der Waals surface area contributed by atoms with Crippen LogP contribution in [0.3, 0.4) is 0 Å². The molecule has 0 bridgehead atoms. The van der Waals surface area contributed by atoms with Crippen molar-refractivity contribution >= 4 is 23.2 Å². The summed E-state index contributed by atoms with van der Waals surface area (Å²) in [5, 5.41) is 34.4. The molecule has 9 nitrogen and oxygen atoms in total. The van der Waals surface area contributed by atoms with E-state index >= 15 is 0 Å². The van der Waals surface area contributed by atoms with Gasteiger partial charge in [0.05, 0.1) is 23.8 Å². The maximum atomic E-state index is 14.3. The summed E-state index contributed by atoms with van der Waals surface area (Å²) in [4.78, 5) is 42.8. The molecule has 0 saturated heterocycles. The number of likely N-dealkylation sites (N-methyl/N-ethyl adjacent to an activating group) is 1. The monoisotopic (exact) mass is 650 g/mol. The number of halogens is 3. The van der Waals surface area contributed by atoms with Gasteiger partial charge in [-0.3, -0.25) is 14.4 Å². The van der Waals surface area contributed by atoms with Crippen LogP contribution < -0.4 is 5.73 Å². The Morgan fingerprint density at radius 3 is 2.28 bits per heavy atom. The number of carbonyl (C=O) groups excluding carboxylic acids is 3. The number of aliphatic hydroxyl groups excluding tert-OH is 1. The van der Waals surface area contributed by atoms with Crippen LogP contribution in [-0.4, -0.2) is 69.5 Å². The van der Waals surface area contributed by atoms with Crippen LogP contribution >= 0.6 is 0 Å². The Bertz CT molecular complexity index is 1790. The third kappa shape index (κ3) is 5.20. The van der Waals surface area contributed by atoms with Crippen molar-refractivity contribution in [1.82, 2.24) is 4.90 Å². The number of hydrogen-bond acceptors (Lipinski definition) is 8. The first-order chi connectivity index (χ1) is 22.2. The van der Waals surface area contributed by atoms with Gasteiger partial charge in [-0.15, -0.1) is 0 Å². The zero-order chi connectivity index (χ0) is 34.0. The largest absolute Gasteiger partial charge is 0.507 e. The van der Waals surface area contributed by atoms with Crippen LogP contribution in [0.2, 0.25) is 0 Å². The Morgan fingerprint density at radius 1 is 1.02 bits per heavy atom. The summed E-state index contributed by atoms with van der Waals surface area (Å²) in [5.74, 6) is -7.87. The van der Waals surface area contributed by atoms with Gasteiger partial charge in [-0.05, 0) is 73.3 Å². The molecule has 2 fully saturated rings. The lowest BCUT2D eigenvalue weighted by atomic mass is 9.54. The minimum atomic E-state index is -4.54. The molecule has 12 heteroatoms. The maximum Gasteiger partial charge on any atom is 0.416 e. The fourth-order valence-corrected chi connectivity index (χ4v) is 7.64. The number of Topliss-reactive ketones (excluding diaryl/α,β-unsaturated/α-hetero) is 2. The first-order valence-electron chi connectivity index (χ1n) is 15.0. The van der Waals surface area contributed by atoms with Crippen LogP contribution in [0, 0.1) is 17.8 Å². The topological polar surface area (TPSA) is 150 Å². The maximum absolute atomic E-state index is 14.3. The number of aliphatic hydroxyl groups is 2. The van der Waals surface area contributed by atoms with E-state index in [0.29, 0.717) is 16.7 Å². The molecule has 2 unspecified atom stereocenters. The van der Waals surface area contributed by atoms with E-state index in [1.54, 1.807) is 43.3 Å². The second-order valence-electron chi connectivity index (χ2n) is 12.6. The van der Waals surface area contributed by atoms with Gasteiger partial charge in [-0.2, -0.15) is 13.2 Å². The number of phenolic OH excluding ortho intramolecular Hbond substituents is 1. The average Bonchev–Trinajstić information content (AvgIpc) is 3.01. The second-order valence-corrected chi connectivity index (χ2v) is 12.6. The Hall–Kier alpha value is -4.52. The van der Waals surface area contributed by atoms with Gasteiger partial charge in [0.1, 0.15) is 17.4 Å². The van der Waals surface area contributed by atoms with Gasteiger partial charge >= 0.3 is 6.18 Å². The SMILES string of the molecule is CN(C)[C@@H]1C(OCc2ccccc2)C(C(N)=O)C(=O)[C@@]2(O)C(=O)C3=C(O)c4c(O)ccc(-c5ccc(C(F)(F)F)cc5)c4C[C@H]3C[C@@H]12. The molecule has 1 amide bonds. The number of nitrogens with zero attached hydrogens (tertiary/aromatic N) is 1. The predicted molar refractivity (Wildman–Crippen MR) is 164 cm³/mol. The highest BCUT2D eigenvalue weighted by Gasteiger charge is 2.68. The Balaban J connectivity index is 1.45. The summed E-state index contributed by atoms with van der Waals surface area (Å²) >= 11 is 0. The van der Waals surface area contributed by atoms with Crippen molar-refractivity contribution in [1.29, 1.82) is 0 Å². The normalized spacial score (nSPS) is 27.3. The molecule has 0 heterocycles. The van der Waals surface area contributed by atoms with Crippen molar-refractivity contribution in [3.8, 4) is 16.9 Å². The summed E-state index contributed by atoms with van der Waals surface area (Å²) in [6.45, 7) is 0.0184. The number of ether oxygens (including phenoxy) is 1. The number of primary amides is 1. The number of benzene rings is 3. The van der Waals surface area contributed by atoms with E-state index in [-0.39, 0.29) is 30.6 Å². The Morgan fingerprint density at radius 2 is 1.68 bits per heavy atom. The van der Waals surface area contributed by atoms with Crippen LogP contribution in [0.1, 0.15) is 28.7 Å². The second kappa shape index (κ2) is 11.6. The molecule has 3 aliphatic carbocycles. The highest BCUT2D eigenvalue weighted by Crippen LogP contribution is 2.53. The Kier molecular flexibility index (Phi) is 8.02. The summed E-state index contributed by atoms with van der Waals surface area (Å²) in [6.07, 6.45) is -5.62. The first-order valence-corrected chi connectivity index (χ1v) is 15.0. The van der Waals surface area contributed by atoms with Gasteiger partial charge < -0.3 is 30.7 Å². The molecule has 0 aliphatic heterocycles. The molecule has 3 aliphatic rings. The van der Waals surface area contributed by atoms with Gasteiger partial charge in [-0.1, -0.05) is 48.5 Å². The number of fused-ring (bicyclic) bond motifs is 3. The summed E-state index contributed by atoms with van der Waals surface area (Å²) in [5.41, 5.74) is 3.73. The van der Waals surface area contributed by atoms with E-state index < -0.39 is 76.2 Å². The lowest BCUT2D eigenvalue weighted by Gasteiger charge is -2.54. The van der Waals surface area contributed by atoms with Crippen molar-refractivity contribution < 1.29 is 47.6 Å². The zero-order valence-corrected chi connectivity index (χ0v) is 25.5. The fraction of sp³-hybridized carbons (Fsp3) is 0.343. The van der Waals surface area contributed by atoms with Crippen LogP contribution in [0.4, 0.5) is 13.2 Å². The number of carbonyl (C=O) groups is 3. The van der Waals surface area contributed by atoms with Gasteiger partial charge in [-0.25, -0.2) is 0 Å². The summed E-state index contributed by atoms with van der Waals surface area (Å²) < 4.78 is 45.9. The number of ketones is 2. The number of rotatable bonds is 6. The van der Waals surface area contributed by atoms with Crippen molar-refractivity contribution in [2.24, 2.45) is 23.5 Å². The lowest BCUT2D eigenvalue weighted by molar-refractivity contribution is -0.190. The van der Waals surface area contributed by atoms with Crippen LogP contribution in [0.25, 0.3) is 16.9 Å². The van der Waals surface area contributed by atoms with E-state index in [1.165, 1.54) is 24.3 Å². The van der Waals surface area contributed by atoms with E-state index in [1.807, 2.05) is 6.07 Å². The first kappa shape index (κ1) is 32.4. The van der Waals surface area contributed by atoms with Crippen molar-refractivity contribution in [3.05, 3.63) is 94.6 Å². The standard InChI is InChI=1S/C35H33F3N2O7/c1-40(2)28-23-15-19-14-22-21(18-8-10-20(11-9-18)35(36,37)38)12-13-24(41)26(22)29(42)25(19)31(43)34(23,46)32(44)27(33(39)45)30(28)47-16-17-6-4-3-5-7-17/h3-13,19,23,27-28,30,41-42,46H,14-16H2,1-2H3,(H2,39,45)/t19-,23-,27?,28-,30?,34-/m0/s1. The van der Waals surface area contributed by atoms with Crippen LogP contribution in [0.15, 0.2) is 72.3 Å². The third-order valence-electron chi connectivity index (χ3n) is 9.75. The Labute approximate surface area is 268 Å². The number of aromatic hydroxyl groups is 1. The van der Waals surface area contributed by atoms with E-state index in [2.05, 4.69) is 0 Å². The summed E-state index contributed by atoms with van der Waals surface area (Å²) in [7, 11) is 3.34. The number of phenols is 1. The predicted octanol–water partition coefficient (Wildman–Crippen LogP) is 4.04.